The van der Waals surface area contributed by atoms with Crippen molar-refractivity contribution in [2.45, 2.75) is 26.4 Å². The van der Waals surface area contributed by atoms with Gasteiger partial charge in [0.25, 0.3) is 0 Å². The summed E-state index contributed by atoms with van der Waals surface area (Å²) in [7, 11) is 0. The molecule has 28 heavy (non-hydrogen) atoms. The van der Waals surface area contributed by atoms with Gasteiger partial charge in [-0.25, -0.2) is 4.79 Å². The van der Waals surface area contributed by atoms with Gasteiger partial charge in [-0.2, -0.15) is 0 Å². The summed E-state index contributed by atoms with van der Waals surface area (Å²) >= 11 is 1.08. The number of amides is 1. The van der Waals surface area contributed by atoms with Crippen LogP contribution in [0.4, 0.5) is 10.5 Å². The minimum atomic E-state index is -0.564. The van der Waals surface area contributed by atoms with Crippen LogP contribution in [0.1, 0.15) is 30.9 Å². The van der Waals surface area contributed by atoms with Crippen LogP contribution in [-0.4, -0.2) is 29.5 Å². The monoisotopic (exact) mass is 401 g/mol. The summed E-state index contributed by atoms with van der Waals surface area (Å²) in [6.07, 6.45) is -0.564. The normalized spacial score (nSPS) is 11.4. The van der Waals surface area contributed by atoms with E-state index in [9.17, 15) is 14.4 Å². The van der Waals surface area contributed by atoms with Crippen molar-refractivity contribution in [3.63, 3.8) is 0 Å². The van der Waals surface area contributed by atoms with Crippen LogP contribution in [-0.2, 0) is 25.7 Å². The largest absolute Gasteiger partial charge is 0.465 e. The second-order valence-electron chi connectivity index (χ2n) is 5.92. The van der Waals surface area contributed by atoms with Gasteiger partial charge in [-0.3, -0.25) is 14.9 Å². The molecule has 0 aliphatic carbocycles. The average molecular weight is 401 g/mol. The fraction of sp³-hybridized carbons (Fsp3) is 0.286. The zero-order valence-electron chi connectivity index (χ0n) is 15.8. The summed E-state index contributed by atoms with van der Waals surface area (Å²) in [5.41, 5.74) is 2.16. The van der Waals surface area contributed by atoms with Gasteiger partial charge in [0, 0.05) is 18.4 Å². The summed E-state index contributed by atoms with van der Waals surface area (Å²) in [6.45, 7) is 3.65. The van der Waals surface area contributed by atoms with Gasteiger partial charge in [-0.1, -0.05) is 54.2 Å². The quantitative estimate of drug-likeness (QED) is 0.662. The van der Waals surface area contributed by atoms with E-state index in [1.807, 2.05) is 30.3 Å². The molecule has 148 valence electrons. The fourth-order valence-corrected chi connectivity index (χ4v) is 3.15. The molecule has 0 aliphatic heterocycles. The van der Waals surface area contributed by atoms with E-state index in [0.717, 1.165) is 22.9 Å². The lowest BCUT2D eigenvalue weighted by Crippen LogP contribution is -2.19. The summed E-state index contributed by atoms with van der Waals surface area (Å²) in [5.74, 6) is -0.618. The van der Waals surface area contributed by atoms with E-state index in [-0.39, 0.29) is 24.3 Å². The van der Waals surface area contributed by atoms with E-state index in [4.69, 9.17) is 9.47 Å². The van der Waals surface area contributed by atoms with Crippen molar-refractivity contribution >= 4 is 34.6 Å². The highest BCUT2D eigenvalue weighted by molar-refractivity contribution is 8.13. The van der Waals surface area contributed by atoms with E-state index in [1.165, 1.54) is 6.92 Å². The van der Waals surface area contributed by atoms with Gasteiger partial charge >= 0.3 is 12.1 Å². The third-order valence-corrected chi connectivity index (χ3v) is 4.70. The highest BCUT2D eigenvalue weighted by atomic mass is 32.2. The third-order valence-electron chi connectivity index (χ3n) is 3.80. The standard InChI is InChI=1S/C21H23NO5S/c1-3-26-20(24)19(14-28-15(2)23)17-9-11-18(12-10-17)22-21(25)27-13-16-7-5-4-6-8-16/h4-12,19H,3,13-14H2,1-2H3,(H,22,25). The maximum atomic E-state index is 12.2. The van der Waals surface area contributed by atoms with E-state index >= 15 is 0 Å². The summed E-state index contributed by atoms with van der Waals surface area (Å²) < 4.78 is 10.3. The summed E-state index contributed by atoms with van der Waals surface area (Å²) in [6, 6.07) is 16.2. The number of carbonyl (C=O) groups excluding carboxylic acids is 3. The number of benzene rings is 2. The van der Waals surface area contributed by atoms with E-state index in [0.29, 0.717) is 11.4 Å². The van der Waals surface area contributed by atoms with Crippen molar-refractivity contribution in [2.75, 3.05) is 17.7 Å². The van der Waals surface area contributed by atoms with Crippen LogP contribution in [0.15, 0.2) is 54.6 Å². The second-order valence-corrected chi connectivity index (χ2v) is 7.11. The Morgan fingerprint density at radius 3 is 2.29 bits per heavy atom. The smallest absolute Gasteiger partial charge is 0.411 e. The van der Waals surface area contributed by atoms with Gasteiger partial charge in [0.2, 0.25) is 0 Å². The highest BCUT2D eigenvalue weighted by Gasteiger charge is 2.23. The summed E-state index contributed by atoms with van der Waals surface area (Å²) in [5, 5.41) is 2.58. The Balaban J connectivity index is 1.96. The van der Waals surface area contributed by atoms with Gasteiger partial charge in [-0.15, -0.1) is 0 Å². The maximum absolute atomic E-state index is 12.2. The molecule has 0 aliphatic rings. The molecule has 0 aromatic heterocycles. The Hall–Kier alpha value is -2.80. The lowest BCUT2D eigenvalue weighted by Gasteiger charge is -2.15. The van der Waals surface area contributed by atoms with Crippen LogP contribution in [0.3, 0.4) is 0 Å². The van der Waals surface area contributed by atoms with Gasteiger partial charge in [0.05, 0.1) is 12.5 Å². The van der Waals surface area contributed by atoms with Crippen LogP contribution >= 0.6 is 11.8 Å². The number of ether oxygens (including phenoxy) is 2. The van der Waals surface area contributed by atoms with Crippen LogP contribution in [0.2, 0.25) is 0 Å². The molecule has 1 amide bonds. The zero-order valence-corrected chi connectivity index (χ0v) is 16.7. The minimum absolute atomic E-state index is 0.0613. The molecule has 0 spiro atoms. The Morgan fingerprint density at radius 2 is 1.68 bits per heavy atom. The first kappa shape index (κ1) is 21.5. The van der Waals surface area contributed by atoms with Crippen molar-refractivity contribution in [3.8, 4) is 0 Å². The Bertz CT molecular complexity index is 792. The number of thioether (sulfide) groups is 1. The van der Waals surface area contributed by atoms with Crippen LogP contribution in [0, 0.1) is 0 Å². The third kappa shape index (κ3) is 7.08. The number of hydrogen-bond donors (Lipinski definition) is 1. The molecule has 1 N–H and O–H groups in total. The zero-order chi connectivity index (χ0) is 20.4. The molecule has 2 rings (SSSR count). The Labute approximate surface area is 168 Å². The first-order chi connectivity index (χ1) is 13.5. The molecule has 0 saturated heterocycles. The van der Waals surface area contributed by atoms with Crippen molar-refractivity contribution < 1.29 is 23.9 Å². The molecule has 0 heterocycles. The van der Waals surface area contributed by atoms with E-state index in [1.54, 1.807) is 31.2 Å². The van der Waals surface area contributed by atoms with Crippen LogP contribution in [0.25, 0.3) is 0 Å². The molecule has 2 aromatic carbocycles. The molecule has 2 aromatic rings. The topological polar surface area (TPSA) is 81.7 Å². The van der Waals surface area contributed by atoms with Gasteiger partial charge in [-0.05, 0) is 30.2 Å². The van der Waals surface area contributed by atoms with Gasteiger partial charge < -0.3 is 9.47 Å². The molecule has 6 nitrogen and oxygen atoms in total. The van der Waals surface area contributed by atoms with E-state index < -0.39 is 12.0 Å². The number of anilines is 1. The van der Waals surface area contributed by atoms with Gasteiger partial charge in [0.15, 0.2) is 5.12 Å². The second kappa shape index (κ2) is 11.1. The molecule has 1 atom stereocenters. The number of rotatable bonds is 8. The Kier molecular flexibility index (Phi) is 8.55. The maximum Gasteiger partial charge on any atom is 0.411 e. The minimum Gasteiger partial charge on any atom is -0.465 e. The summed E-state index contributed by atoms with van der Waals surface area (Å²) in [4.78, 5) is 35.4. The Morgan fingerprint density at radius 1 is 1.00 bits per heavy atom. The number of esters is 1. The lowest BCUT2D eigenvalue weighted by molar-refractivity contribution is -0.144. The molecule has 0 bridgehead atoms. The number of nitrogens with one attached hydrogen (secondary N) is 1. The van der Waals surface area contributed by atoms with Crippen molar-refractivity contribution in [1.29, 1.82) is 0 Å². The molecule has 0 saturated carbocycles. The predicted octanol–water partition coefficient (Wildman–Crippen LogP) is 4.36. The van der Waals surface area contributed by atoms with Crippen LogP contribution in [0.5, 0.6) is 0 Å². The molecule has 0 fully saturated rings. The SMILES string of the molecule is CCOC(=O)C(CSC(C)=O)c1ccc(NC(=O)OCc2ccccc2)cc1. The molecule has 7 heteroatoms. The highest BCUT2D eigenvalue weighted by Crippen LogP contribution is 2.24. The fourth-order valence-electron chi connectivity index (χ4n) is 2.42. The van der Waals surface area contributed by atoms with Crippen molar-refractivity contribution in [1.82, 2.24) is 0 Å². The first-order valence-electron chi connectivity index (χ1n) is 8.87. The van der Waals surface area contributed by atoms with Crippen molar-refractivity contribution in [2.24, 2.45) is 0 Å². The number of carbonyl (C=O) groups is 3. The lowest BCUT2D eigenvalue weighted by atomic mass is 10.0. The van der Waals surface area contributed by atoms with E-state index in [2.05, 4.69) is 5.32 Å². The predicted molar refractivity (Wildman–Crippen MR) is 109 cm³/mol. The van der Waals surface area contributed by atoms with Crippen LogP contribution < -0.4 is 5.32 Å². The molecular weight excluding hydrogens is 378 g/mol. The first-order valence-corrected chi connectivity index (χ1v) is 9.85. The average Bonchev–Trinajstić information content (AvgIpc) is 2.68. The molecule has 1 unspecified atom stereocenters. The molecular formula is C21H23NO5S. The number of hydrogen-bond acceptors (Lipinski definition) is 6. The van der Waals surface area contributed by atoms with Crippen molar-refractivity contribution in [3.05, 3.63) is 65.7 Å². The molecule has 0 radical (unpaired) electrons. The van der Waals surface area contributed by atoms with Gasteiger partial charge in [0.1, 0.15) is 6.61 Å².